The summed E-state index contributed by atoms with van der Waals surface area (Å²) in [5, 5.41) is 4.35. The molecule has 1 heterocycles. The lowest BCUT2D eigenvalue weighted by molar-refractivity contribution is 0.0378. The van der Waals surface area contributed by atoms with Gasteiger partial charge in [-0.05, 0) is 45.9 Å². The van der Waals surface area contributed by atoms with Crippen molar-refractivity contribution in [3.63, 3.8) is 0 Å². The Balaban J connectivity index is 2.42. The van der Waals surface area contributed by atoms with Crippen molar-refractivity contribution in [1.29, 1.82) is 0 Å². The molecule has 0 bridgehead atoms. The summed E-state index contributed by atoms with van der Waals surface area (Å²) in [6.45, 7) is 7.21. The molecule has 0 fully saturated rings. The summed E-state index contributed by atoms with van der Waals surface area (Å²) in [5.41, 5.74) is 3.17. The van der Waals surface area contributed by atoms with E-state index in [2.05, 4.69) is 5.10 Å². The molecular formula is C16H18N2O3. The van der Waals surface area contributed by atoms with Gasteiger partial charge in [0.2, 0.25) is 0 Å². The van der Waals surface area contributed by atoms with E-state index in [1.165, 1.54) is 0 Å². The molecule has 1 aromatic carbocycles. The van der Waals surface area contributed by atoms with E-state index in [-0.39, 0.29) is 12.1 Å². The molecule has 0 radical (unpaired) electrons. The number of hydrogen-bond acceptors (Lipinski definition) is 4. The van der Waals surface area contributed by atoms with Gasteiger partial charge in [0.25, 0.3) is 0 Å². The van der Waals surface area contributed by atoms with Gasteiger partial charge in [-0.3, -0.25) is 4.79 Å². The highest BCUT2D eigenvalue weighted by Gasteiger charge is 2.14. The van der Waals surface area contributed by atoms with Crippen molar-refractivity contribution >= 4 is 12.3 Å². The van der Waals surface area contributed by atoms with Crippen LogP contribution in [-0.2, 0) is 4.74 Å². The third-order valence-electron chi connectivity index (χ3n) is 3.13. The number of aldehydes is 1. The van der Waals surface area contributed by atoms with E-state index in [0.717, 1.165) is 17.7 Å². The normalized spacial score (nSPS) is 10.7. The van der Waals surface area contributed by atoms with Crippen molar-refractivity contribution in [1.82, 2.24) is 9.78 Å². The highest BCUT2D eigenvalue weighted by molar-refractivity contribution is 5.90. The topological polar surface area (TPSA) is 61.2 Å². The summed E-state index contributed by atoms with van der Waals surface area (Å²) in [4.78, 5) is 23.0. The molecule has 0 atom stereocenters. The van der Waals surface area contributed by atoms with E-state index in [1.807, 2.05) is 13.0 Å². The van der Waals surface area contributed by atoms with Gasteiger partial charge in [-0.25, -0.2) is 9.48 Å². The summed E-state index contributed by atoms with van der Waals surface area (Å²) in [6.07, 6.45) is 0.627. The molecule has 2 rings (SSSR count). The number of esters is 1. The smallest absolute Gasteiger partial charge is 0.338 e. The lowest BCUT2D eigenvalue weighted by Gasteiger charge is -2.10. The lowest BCUT2D eigenvalue weighted by atomic mass is 10.2. The summed E-state index contributed by atoms with van der Waals surface area (Å²) in [7, 11) is 0. The highest BCUT2D eigenvalue weighted by atomic mass is 16.5. The van der Waals surface area contributed by atoms with Gasteiger partial charge in [0, 0.05) is 0 Å². The maximum absolute atomic E-state index is 11.9. The maximum Gasteiger partial charge on any atom is 0.338 e. The van der Waals surface area contributed by atoms with Crippen molar-refractivity contribution in [3.8, 4) is 5.69 Å². The summed E-state index contributed by atoms with van der Waals surface area (Å²) in [5.74, 6) is -0.371. The van der Waals surface area contributed by atoms with Gasteiger partial charge in [0.1, 0.15) is 0 Å². The Morgan fingerprint density at radius 3 is 2.62 bits per heavy atom. The molecule has 5 heteroatoms. The molecule has 1 aromatic heterocycles. The first-order valence-corrected chi connectivity index (χ1v) is 6.77. The third kappa shape index (κ3) is 3.02. The standard InChI is InChI=1S/C16H18N2O3/c1-10(2)21-16(20)13-6-5-7-14(8-13)18-12(4)15(9-19)11(3)17-18/h5-10H,1-4H3. The maximum atomic E-state index is 11.9. The van der Waals surface area contributed by atoms with Gasteiger partial charge < -0.3 is 4.74 Å². The molecule has 110 valence electrons. The highest BCUT2D eigenvalue weighted by Crippen LogP contribution is 2.18. The largest absolute Gasteiger partial charge is 0.459 e. The number of aromatic nitrogens is 2. The number of ether oxygens (including phenoxy) is 1. The number of nitrogens with zero attached hydrogens (tertiary/aromatic N) is 2. The molecule has 0 aliphatic carbocycles. The summed E-state index contributed by atoms with van der Waals surface area (Å²) >= 11 is 0. The molecule has 0 saturated heterocycles. The Hall–Kier alpha value is -2.43. The molecule has 0 aliphatic heterocycles. The number of aryl methyl sites for hydroxylation is 1. The van der Waals surface area contributed by atoms with Crippen LogP contribution in [0.2, 0.25) is 0 Å². The zero-order valence-electron chi connectivity index (χ0n) is 12.6. The second-order valence-electron chi connectivity index (χ2n) is 5.12. The minimum absolute atomic E-state index is 0.170. The van der Waals surface area contributed by atoms with Crippen LogP contribution in [0.1, 0.15) is 46.0 Å². The molecule has 0 spiro atoms. The molecular weight excluding hydrogens is 268 g/mol. The van der Waals surface area contributed by atoms with Gasteiger partial charge in [0.15, 0.2) is 6.29 Å². The Morgan fingerprint density at radius 2 is 2.05 bits per heavy atom. The van der Waals surface area contributed by atoms with Gasteiger partial charge in [-0.1, -0.05) is 6.07 Å². The van der Waals surface area contributed by atoms with Crippen LogP contribution in [0.3, 0.4) is 0 Å². The van der Waals surface area contributed by atoms with Crippen LogP contribution in [0.15, 0.2) is 24.3 Å². The van der Waals surface area contributed by atoms with Crippen molar-refractivity contribution in [2.24, 2.45) is 0 Å². The Bertz CT molecular complexity index is 687. The van der Waals surface area contributed by atoms with Crippen LogP contribution in [-0.4, -0.2) is 28.1 Å². The molecule has 0 amide bonds. The Morgan fingerprint density at radius 1 is 1.33 bits per heavy atom. The average Bonchev–Trinajstić information content (AvgIpc) is 2.73. The fourth-order valence-electron chi connectivity index (χ4n) is 2.12. The van der Waals surface area contributed by atoms with E-state index in [9.17, 15) is 9.59 Å². The third-order valence-corrected chi connectivity index (χ3v) is 3.13. The molecule has 0 saturated carbocycles. The van der Waals surface area contributed by atoms with Crippen LogP contribution >= 0.6 is 0 Å². The van der Waals surface area contributed by atoms with E-state index in [1.54, 1.807) is 43.7 Å². The summed E-state index contributed by atoms with van der Waals surface area (Å²) in [6, 6.07) is 7.00. The van der Waals surface area contributed by atoms with Crippen molar-refractivity contribution in [2.45, 2.75) is 33.8 Å². The fourth-order valence-corrected chi connectivity index (χ4v) is 2.12. The van der Waals surface area contributed by atoms with Crippen molar-refractivity contribution in [2.75, 3.05) is 0 Å². The molecule has 0 unspecified atom stereocenters. The van der Waals surface area contributed by atoms with Gasteiger partial charge in [0.05, 0.1) is 34.3 Å². The molecule has 0 N–H and O–H groups in total. The molecule has 21 heavy (non-hydrogen) atoms. The summed E-state index contributed by atoms with van der Waals surface area (Å²) < 4.78 is 6.84. The number of carbonyl (C=O) groups excluding carboxylic acids is 2. The Labute approximate surface area is 123 Å². The Kier molecular flexibility index (Phi) is 4.21. The van der Waals surface area contributed by atoms with Crippen molar-refractivity contribution in [3.05, 3.63) is 46.8 Å². The first kappa shape index (κ1) is 15.0. The van der Waals surface area contributed by atoms with Crippen LogP contribution in [0, 0.1) is 13.8 Å². The van der Waals surface area contributed by atoms with E-state index >= 15 is 0 Å². The first-order chi connectivity index (χ1) is 9.93. The predicted molar refractivity (Wildman–Crippen MR) is 79.0 cm³/mol. The monoisotopic (exact) mass is 286 g/mol. The van der Waals surface area contributed by atoms with E-state index in [4.69, 9.17) is 4.74 Å². The van der Waals surface area contributed by atoms with Crippen LogP contribution in [0.4, 0.5) is 0 Å². The lowest BCUT2D eigenvalue weighted by Crippen LogP contribution is -2.12. The number of rotatable bonds is 4. The second-order valence-corrected chi connectivity index (χ2v) is 5.12. The van der Waals surface area contributed by atoms with Crippen LogP contribution in [0.5, 0.6) is 0 Å². The van der Waals surface area contributed by atoms with Gasteiger partial charge in [-0.2, -0.15) is 5.10 Å². The molecule has 2 aromatic rings. The predicted octanol–water partition coefficient (Wildman–Crippen LogP) is 2.87. The van der Waals surface area contributed by atoms with E-state index in [0.29, 0.717) is 16.8 Å². The fraction of sp³-hybridized carbons (Fsp3) is 0.312. The minimum Gasteiger partial charge on any atom is -0.459 e. The van der Waals surface area contributed by atoms with Gasteiger partial charge >= 0.3 is 5.97 Å². The number of hydrogen-bond donors (Lipinski definition) is 0. The number of carbonyl (C=O) groups is 2. The van der Waals surface area contributed by atoms with Gasteiger partial charge in [-0.15, -0.1) is 0 Å². The quantitative estimate of drug-likeness (QED) is 0.640. The average molecular weight is 286 g/mol. The molecule has 5 nitrogen and oxygen atoms in total. The second kappa shape index (κ2) is 5.91. The van der Waals surface area contributed by atoms with Crippen molar-refractivity contribution < 1.29 is 14.3 Å². The van der Waals surface area contributed by atoms with Crippen LogP contribution in [0.25, 0.3) is 5.69 Å². The first-order valence-electron chi connectivity index (χ1n) is 6.77. The number of benzene rings is 1. The SMILES string of the molecule is Cc1nn(-c2cccc(C(=O)OC(C)C)c2)c(C)c1C=O. The van der Waals surface area contributed by atoms with Crippen LogP contribution < -0.4 is 0 Å². The minimum atomic E-state index is -0.371. The van der Waals surface area contributed by atoms with E-state index < -0.39 is 0 Å². The zero-order chi connectivity index (χ0) is 15.6. The molecule has 0 aliphatic rings. The zero-order valence-corrected chi connectivity index (χ0v) is 12.6.